The zero-order valence-electron chi connectivity index (χ0n) is 11.8. The van der Waals surface area contributed by atoms with Crippen molar-refractivity contribution in [3.8, 4) is 0 Å². The van der Waals surface area contributed by atoms with Crippen molar-refractivity contribution >= 4 is 11.7 Å². The standard InChI is InChI=1S/C15H20FNO3/c1-19-12-5-3-4-11(9-12)17-14-8-10(15(18)20-2)6-7-13(14)16/h6-8,11-12,17H,3-5,9H2,1-2H3. The Labute approximate surface area is 118 Å². The summed E-state index contributed by atoms with van der Waals surface area (Å²) in [4.78, 5) is 11.5. The molecule has 1 saturated carbocycles. The zero-order valence-corrected chi connectivity index (χ0v) is 11.8. The fraction of sp³-hybridized carbons (Fsp3) is 0.533. The van der Waals surface area contributed by atoms with Crippen molar-refractivity contribution in [3.63, 3.8) is 0 Å². The topological polar surface area (TPSA) is 47.6 Å². The summed E-state index contributed by atoms with van der Waals surface area (Å²) >= 11 is 0. The van der Waals surface area contributed by atoms with Gasteiger partial charge in [-0.05, 0) is 43.9 Å². The smallest absolute Gasteiger partial charge is 0.337 e. The van der Waals surface area contributed by atoms with E-state index in [-0.39, 0.29) is 18.0 Å². The molecule has 1 aliphatic rings. The third-order valence-electron chi connectivity index (χ3n) is 3.71. The highest BCUT2D eigenvalue weighted by Crippen LogP contribution is 2.25. The first-order valence-electron chi connectivity index (χ1n) is 6.81. The third-order valence-corrected chi connectivity index (χ3v) is 3.71. The molecule has 1 aliphatic carbocycles. The van der Waals surface area contributed by atoms with Crippen molar-refractivity contribution < 1.29 is 18.7 Å². The fourth-order valence-electron chi connectivity index (χ4n) is 2.59. The number of benzene rings is 1. The van der Waals surface area contributed by atoms with Gasteiger partial charge in [-0.25, -0.2) is 9.18 Å². The maximum absolute atomic E-state index is 13.8. The van der Waals surface area contributed by atoms with Crippen LogP contribution in [0.5, 0.6) is 0 Å². The molecule has 0 heterocycles. The number of esters is 1. The van der Waals surface area contributed by atoms with Crippen LogP contribution in [-0.2, 0) is 9.47 Å². The monoisotopic (exact) mass is 281 g/mol. The molecule has 0 aliphatic heterocycles. The minimum absolute atomic E-state index is 0.163. The Balaban J connectivity index is 2.10. The van der Waals surface area contributed by atoms with Gasteiger partial charge in [0.15, 0.2) is 0 Å². The van der Waals surface area contributed by atoms with E-state index >= 15 is 0 Å². The summed E-state index contributed by atoms with van der Waals surface area (Å²) in [5.41, 5.74) is 0.685. The molecule has 2 unspecified atom stereocenters. The third kappa shape index (κ3) is 3.48. The second-order valence-corrected chi connectivity index (χ2v) is 5.05. The lowest BCUT2D eigenvalue weighted by Crippen LogP contribution is -2.31. The first kappa shape index (κ1) is 14.8. The van der Waals surface area contributed by atoms with Gasteiger partial charge < -0.3 is 14.8 Å². The van der Waals surface area contributed by atoms with Gasteiger partial charge in [0.05, 0.1) is 24.5 Å². The van der Waals surface area contributed by atoms with Gasteiger partial charge in [0, 0.05) is 13.2 Å². The van der Waals surface area contributed by atoms with Gasteiger partial charge >= 0.3 is 5.97 Å². The minimum atomic E-state index is -0.466. The van der Waals surface area contributed by atoms with Gasteiger partial charge in [-0.15, -0.1) is 0 Å². The molecule has 20 heavy (non-hydrogen) atoms. The molecule has 2 atom stereocenters. The number of hydrogen-bond acceptors (Lipinski definition) is 4. The molecule has 1 aromatic rings. The van der Waals surface area contributed by atoms with Crippen LogP contribution in [0.3, 0.4) is 0 Å². The Bertz CT molecular complexity index is 478. The fourth-order valence-corrected chi connectivity index (χ4v) is 2.59. The molecular weight excluding hydrogens is 261 g/mol. The number of carbonyl (C=O) groups excluding carboxylic acids is 1. The van der Waals surface area contributed by atoms with Gasteiger partial charge in [-0.2, -0.15) is 0 Å². The van der Waals surface area contributed by atoms with Gasteiger partial charge in [-0.1, -0.05) is 0 Å². The van der Waals surface area contributed by atoms with Crippen LogP contribution in [0.25, 0.3) is 0 Å². The first-order chi connectivity index (χ1) is 9.63. The Morgan fingerprint density at radius 1 is 1.35 bits per heavy atom. The van der Waals surface area contributed by atoms with Crippen molar-refractivity contribution in [2.24, 2.45) is 0 Å². The van der Waals surface area contributed by atoms with E-state index in [0.717, 1.165) is 25.7 Å². The molecule has 110 valence electrons. The highest BCUT2D eigenvalue weighted by Gasteiger charge is 2.22. The summed E-state index contributed by atoms with van der Waals surface area (Å²) in [6.45, 7) is 0. The van der Waals surface area contributed by atoms with Crippen LogP contribution in [0.4, 0.5) is 10.1 Å². The predicted molar refractivity (Wildman–Crippen MR) is 74.4 cm³/mol. The Hall–Kier alpha value is -1.62. The van der Waals surface area contributed by atoms with E-state index in [0.29, 0.717) is 11.3 Å². The molecule has 0 bridgehead atoms. The maximum atomic E-state index is 13.8. The molecule has 0 amide bonds. The lowest BCUT2D eigenvalue weighted by Gasteiger charge is -2.29. The van der Waals surface area contributed by atoms with Crippen LogP contribution in [0.15, 0.2) is 18.2 Å². The van der Waals surface area contributed by atoms with E-state index in [2.05, 4.69) is 10.1 Å². The van der Waals surface area contributed by atoms with E-state index in [1.54, 1.807) is 7.11 Å². The molecule has 4 nitrogen and oxygen atoms in total. The first-order valence-corrected chi connectivity index (χ1v) is 6.81. The summed E-state index contributed by atoms with van der Waals surface area (Å²) in [6.07, 6.45) is 4.13. The molecule has 2 rings (SSSR count). The molecular formula is C15H20FNO3. The zero-order chi connectivity index (χ0) is 14.5. The summed E-state index contributed by atoms with van der Waals surface area (Å²) < 4.78 is 23.8. The van der Waals surface area contributed by atoms with Gasteiger partial charge in [-0.3, -0.25) is 0 Å². The van der Waals surface area contributed by atoms with Crippen LogP contribution in [0.1, 0.15) is 36.0 Å². The van der Waals surface area contributed by atoms with Gasteiger partial charge in [0.1, 0.15) is 5.82 Å². The number of ether oxygens (including phenoxy) is 2. The van der Waals surface area contributed by atoms with Crippen LogP contribution in [0, 0.1) is 5.82 Å². The van der Waals surface area contributed by atoms with E-state index in [9.17, 15) is 9.18 Å². The highest BCUT2D eigenvalue weighted by atomic mass is 19.1. The lowest BCUT2D eigenvalue weighted by molar-refractivity contribution is 0.0600. The van der Waals surface area contributed by atoms with E-state index < -0.39 is 5.97 Å². The second-order valence-electron chi connectivity index (χ2n) is 5.05. The number of halogens is 1. The largest absolute Gasteiger partial charge is 0.465 e. The molecule has 1 aromatic carbocycles. The molecule has 1 fully saturated rings. The van der Waals surface area contributed by atoms with Crippen molar-refractivity contribution in [3.05, 3.63) is 29.6 Å². The number of anilines is 1. The predicted octanol–water partition coefficient (Wildman–Crippen LogP) is 2.98. The van der Waals surface area contributed by atoms with Crippen molar-refractivity contribution in [2.75, 3.05) is 19.5 Å². The SMILES string of the molecule is COC(=O)c1ccc(F)c(NC2CCCC(OC)C2)c1. The normalized spacial score (nSPS) is 22.4. The molecule has 5 heteroatoms. The summed E-state index contributed by atoms with van der Waals surface area (Å²) in [5.74, 6) is -0.830. The van der Waals surface area contributed by atoms with Gasteiger partial charge in [0.25, 0.3) is 0 Å². The number of nitrogens with one attached hydrogen (secondary N) is 1. The highest BCUT2D eigenvalue weighted by molar-refractivity contribution is 5.90. The number of carbonyl (C=O) groups is 1. The van der Waals surface area contributed by atoms with Crippen molar-refractivity contribution in [1.82, 2.24) is 0 Å². The van der Waals surface area contributed by atoms with Crippen LogP contribution < -0.4 is 5.32 Å². The van der Waals surface area contributed by atoms with E-state index in [1.807, 2.05) is 0 Å². The lowest BCUT2D eigenvalue weighted by atomic mass is 9.92. The van der Waals surface area contributed by atoms with Crippen LogP contribution in [0.2, 0.25) is 0 Å². The number of methoxy groups -OCH3 is 2. The van der Waals surface area contributed by atoms with Crippen LogP contribution in [-0.4, -0.2) is 32.3 Å². The Morgan fingerprint density at radius 2 is 2.15 bits per heavy atom. The average Bonchev–Trinajstić information content (AvgIpc) is 2.49. The summed E-state index contributed by atoms with van der Waals surface area (Å²) in [6, 6.07) is 4.37. The van der Waals surface area contributed by atoms with Crippen LogP contribution >= 0.6 is 0 Å². The molecule has 0 aromatic heterocycles. The summed E-state index contributed by atoms with van der Waals surface area (Å²) in [7, 11) is 3.01. The second kappa shape index (κ2) is 6.70. The average molecular weight is 281 g/mol. The number of rotatable bonds is 4. The molecule has 0 saturated heterocycles. The van der Waals surface area contributed by atoms with E-state index in [1.165, 1.54) is 25.3 Å². The van der Waals surface area contributed by atoms with Crippen molar-refractivity contribution in [2.45, 2.75) is 37.8 Å². The molecule has 1 N–H and O–H groups in total. The Kier molecular flexibility index (Phi) is 4.95. The molecule has 0 spiro atoms. The summed E-state index contributed by atoms with van der Waals surface area (Å²) in [5, 5.41) is 3.17. The van der Waals surface area contributed by atoms with E-state index in [4.69, 9.17) is 4.74 Å². The minimum Gasteiger partial charge on any atom is -0.465 e. The quantitative estimate of drug-likeness (QED) is 0.862. The molecule has 0 radical (unpaired) electrons. The number of hydrogen-bond donors (Lipinski definition) is 1. The van der Waals surface area contributed by atoms with Gasteiger partial charge in [0.2, 0.25) is 0 Å². The maximum Gasteiger partial charge on any atom is 0.337 e. The Morgan fingerprint density at radius 3 is 2.85 bits per heavy atom. The van der Waals surface area contributed by atoms with Crippen molar-refractivity contribution in [1.29, 1.82) is 0 Å².